The van der Waals surface area contributed by atoms with Gasteiger partial charge in [-0.15, -0.1) is 0 Å². The highest BCUT2D eigenvalue weighted by molar-refractivity contribution is 7.91. The molecule has 0 aromatic heterocycles. The average molecular weight is 431 g/mol. The number of nitrogens with one attached hydrogen (secondary N) is 1. The maximum absolute atomic E-state index is 11.0. The molecule has 0 bridgehead atoms. The van der Waals surface area contributed by atoms with E-state index in [1.165, 1.54) is 6.26 Å². The number of rotatable bonds is 8. The summed E-state index contributed by atoms with van der Waals surface area (Å²) in [5.74, 6) is 0.418. The van der Waals surface area contributed by atoms with Gasteiger partial charge in [-0.05, 0) is 24.1 Å². The van der Waals surface area contributed by atoms with Crippen LogP contribution in [0.5, 0.6) is 0 Å². The van der Waals surface area contributed by atoms with Crippen LogP contribution in [0.15, 0.2) is 59.5 Å². The van der Waals surface area contributed by atoms with Crippen LogP contribution in [-0.4, -0.2) is 40.7 Å². The molecule has 0 saturated heterocycles. The maximum Gasteiger partial charge on any atom is 0.294 e. The number of nitrogens with zero attached hydrogens (tertiary/aromatic N) is 1. The zero-order chi connectivity index (χ0) is 21.2. The summed E-state index contributed by atoms with van der Waals surface area (Å²) in [6, 6.07) is 13.9. The van der Waals surface area contributed by atoms with Gasteiger partial charge in [0.2, 0.25) is 0 Å². The Labute approximate surface area is 164 Å². The Bertz CT molecular complexity index is 958. The number of non-ortho nitro benzene ring substituents is 1. The minimum Gasteiger partial charge on any atom is -0.377 e. The van der Waals surface area contributed by atoms with Crippen molar-refractivity contribution in [2.75, 3.05) is 18.6 Å². The van der Waals surface area contributed by atoms with Gasteiger partial charge in [0.25, 0.3) is 15.8 Å². The van der Waals surface area contributed by atoms with Gasteiger partial charge in [-0.1, -0.05) is 30.3 Å². The van der Waals surface area contributed by atoms with E-state index in [2.05, 4.69) is 0 Å². The second-order valence-corrected chi connectivity index (χ2v) is 9.67. The lowest BCUT2D eigenvalue weighted by Gasteiger charge is -2.04. The summed E-state index contributed by atoms with van der Waals surface area (Å²) in [7, 11) is -6.62. The zero-order valence-electron chi connectivity index (χ0n) is 15.2. The highest BCUT2D eigenvalue weighted by atomic mass is 32.2. The van der Waals surface area contributed by atoms with Crippen LogP contribution in [0.4, 0.5) is 5.69 Å². The number of benzene rings is 2. The van der Waals surface area contributed by atoms with Gasteiger partial charge < -0.3 is 4.74 Å². The minimum atomic E-state index is -4.27. The van der Waals surface area contributed by atoms with Crippen molar-refractivity contribution in [3.05, 3.63) is 70.3 Å². The number of ether oxygens (including phenoxy) is 1. The standard InChI is InChI=1S/C11H17NO2S.C6H5NO5S/c1-15(12,13)9-5-8-14-10-11-6-3-2-4-7-11;8-7(9)5-1-3-6(4-2-5)13(10,11)12/h2-4,6-7,12H,5,8-10H2,1H3;1-4H,(H,10,11,12)/t15-;/m1./s1. The Morgan fingerprint density at radius 1 is 1.07 bits per heavy atom. The molecule has 0 fully saturated rings. The van der Waals surface area contributed by atoms with Gasteiger partial charge in [-0.25, -0.2) is 0 Å². The molecule has 2 aromatic rings. The third-order valence-corrected chi connectivity index (χ3v) is 5.22. The molecule has 9 nitrogen and oxygen atoms in total. The lowest BCUT2D eigenvalue weighted by atomic mass is 10.2. The van der Waals surface area contributed by atoms with Crippen LogP contribution in [0.1, 0.15) is 12.0 Å². The third-order valence-electron chi connectivity index (χ3n) is 3.28. The van der Waals surface area contributed by atoms with Crippen molar-refractivity contribution in [2.45, 2.75) is 17.9 Å². The van der Waals surface area contributed by atoms with Crippen LogP contribution in [0.25, 0.3) is 0 Å². The van der Waals surface area contributed by atoms with Crippen LogP contribution in [0.2, 0.25) is 0 Å². The fourth-order valence-corrected chi connectivity index (χ4v) is 3.09. The van der Waals surface area contributed by atoms with E-state index in [1.54, 1.807) is 0 Å². The first-order valence-electron chi connectivity index (χ1n) is 8.04. The molecule has 2 aromatic carbocycles. The quantitative estimate of drug-likeness (QED) is 0.283. The fraction of sp³-hybridized carbons (Fsp3) is 0.294. The van der Waals surface area contributed by atoms with E-state index >= 15 is 0 Å². The summed E-state index contributed by atoms with van der Waals surface area (Å²) in [6.45, 7) is 1.16. The molecule has 28 heavy (non-hydrogen) atoms. The summed E-state index contributed by atoms with van der Waals surface area (Å²) in [4.78, 5) is 9.13. The van der Waals surface area contributed by atoms with Crippen molar-refractivity contribution >= 4 is 25.5 Å². The van der Waals surface area contributed by atoms with Crippen molar-refractivity contribution in [1.29, 1.82) is 4.78 Å². The molecular weight excluding hydrogens is 408 g/mol. The molecule has 0 unspecified atom stereocenters. The Kier molecular flexibility index (Phi) is 9.19. The largest absolute Gasteiger partial charge is 0.377 e. The van der Waals surface area contributed by atoms with Gasteiger partial charge in [0.15, 0.2) is 0 Å². The van der Waals surface area contributed by atoms with Crippen LogP contribution in [-0.2, 0) is 31.2 Å². The SMILES string of the molecule is C[S@@](=N)(=O)CCCOCc1ccccc1.O=[N+]([O-])c1ccc(S(=O)(=O)O)cc1. The fourth-order valence-electron chi connectivity index (χ4n) is 1.94. The Hall–Kier alpha value is -2.34. The first kappa shape index (κ1) is 23.7. The monoisotopic (exact) mass is 430 g/mol. The van der Waals surface area contributed by atoms with Gasteiger partial charge in [-0.2, -0.15) is 8.42 Å². The van der Waals surface area contributed by atoms with Gasteiger partial charge in [-0.3, -0.25) is 23.7 Å². The van der Waals surface area contributed by atoms with Crippen molar-refractivity contribution in [3.63, 3.8) is 0 Å². The Morgan fingerprint density at radius 2 is 1.64 bits per heavy atom. The van der Waals surface area contributed by atoms with Crippen molar-refractivity contribution < 1.29 is 26.8 Å². The lowest BCUT2D eigenvalue weighted by Crippen LogP contribution is -2.05. The summed E-state index contributed by atoms with van der Waals surface area (Å²) in [5.41, 5.74) is 0.910. The predicted molar refractivity (Wildman–Crippen MR) is 105 cm³/mol. The van der Waals surface area contributed by atoms with Crippen molar-refractivity contribution in [2.24, 2.45) is 0 Å². The average Bonchev–Trinajstić information content (AvgIpc) is 2.61. The van der Waals surface area contributed by atoms with E-state index in [9.17, 15) is 22.7 Å². The first-order chi connectivity index (χ1) is 13.0. The molecule has 2 N–H and O–H groups in total. The van der Waals surface area contributed by atoms with Crippen molar-refractivity contribution in [1.82, 2.24) is 0 Å². The predicted octanol–water partition coefficient (Wildman–Crippen LogP) is 3.11. The molecule has 0 aliphatic carbocycles. The highest BCUT2D eigenvalue weighted by Gasteiger charge is 2.11. The highest BCUT2D eigenvalue weighted by Crippen LogP contribution is 2.15. The molecule has 0 amide bonds. The molecule has 11 heteroatoms. The second-order valence-electron chi connectivity index (χ2n) is 5.83. The zero-order valence-corrected chi connectivity index (χ0v) is 16.8. The van der Waals surface area contributed by atoms with E-state index in [0.29, 0.717) is 25.4 Å². The van der Waals surface area contributed by atoms with Gasteiger partial charge in [0.1, 0.15) is 0 Å². The smallest absolute Gasteiger partial charge is 0.294 e. The number of nitro benzene ring substituents is 1. The maximum atomic E-state index is 11.0. The normalized spacial score (nSPS) is 13.1. The molecule has 0 aliphatic heterocycles. The molecule has 0 heterocycles. The van der Waals surface area contributed by atoms with Gasteiger partial charge in [0.05, 0.1) is 16.4 Å². The summed E-state index contributed by atoms with van der Waals surface area (Å²) in [5, 5.41) is 10.2. The Morgan fingerprint density at radius 3 is 2.11 bits per heavy atom. The minimum absolute atomic E-state index is 0.229. The summed E-state index contributed by atoms with van der Waals surface area (Å²) >= 11 is 0. The van der Waals surface area contributed by atoms with Gasteiger partial charge >= 0.3 is 0 Å². The van der Waals surface area contributed by atoms with E-state index in [1.807, 2.05) is 30.3 Å². The topological polar surface area (TPSA) is 148 Å². The summed E-state index contributed by atoms with van der Waals surface area (Å²) < 4.78 is 53.2. The van der Waals surface area contributed by atoms with Crippen LogP contribution >= 0.6 is 0 Å². The molecule has 2 rings (SSSR count). The van der Waals surface area contributed by atoms with Crippen molar-refractivity contribution in [3.8, 4) is 0 Å². The second kappa shape index (κ2) is 10.9. The number of hydrogen-bond acceptors (Lipinski definition) is 7. The van der Waals surface area contributed by atoms with Crippen LogP contribution in [0, 0.1) is 14.9 Å². The first-order valence-corrected chi connectivity index (χ1v) is 11.6. The summed E-state index contributed by atoms with van der Waals surface area (Å²) in [6.07, 6.45) is 2.15. The Balaban J connectivity index is 0.000000283. The lowest BCUT2D eigenvalue weighted by molar-refractivity contribution is -0.384. The third kappa shape index (κ3) is 10.1. The van der Waals surface area contributed by atoms with Crippen LogP contribution in [0.3, 0.4) is 0 Å². The van der Waals surface area contributed by atoms with E-state index in [-0.39, 0.29) is 10.6 Å². The number of nitro groups is 1. The molecule has 0 saturated carbocycles. The molecule has 154 valence electrons. The number of hydrogen-bond donors (Lipinski definition) is 2. The molecular formula is C17H22N2O7S2. The molecule has 1 atom stereocenters. The van der Waals surface area contributed by atoms with E-state index in [4.69, 9.17) is 14.1 Å². The van der Waals surface area contributed by atoms with E-state index in [0.717, 1.165) is 29.8 Å². The van der Waals surface area contributed by atoms with Gasteiger partial charge in [0, 0.05) is 40.5 Å². The van der Waals surface area contributed by atoms with Crippen LogP contribution < -0.4 is 0 Å². The molecule has 0 radical (unpaired) electrons. The molecule has 0 spiro atoms. The van der Waals surface area contributed by atoms with E-state index < -0.39 is 24.8 Å². The molecule has 0 aliphatic rings.